The fourth-order valence-electron chi connectivity index (χ4n) is 1.95. The monoisotopic (exact) mass is 498 g/mol. The van der Waals surface area contributed by atoms with Gasteiger partial charge < -0.3 is 9.53 Å². The first-order chi connectivity index (χ1) is 12.5. The van der Waals surface area contributed by atoms with Crippen molar-refractivity contribution in [2.75, 3.05) is 0 Å². The predicted octanol–water partition coefficient (Wildman–Crippen LogP) is 6.88. The van der Waals surface area contributed by atoms with Crippen LogP contribution >= 0.6 is 22.0 Å². The van der Waals surface area contributed by atoms with Gasteiger partial charge in [-0.25, -0.2) is 9.19 Å². The molecule has 0 saturated heterocycles. The summed E-state index contributed by atoms with van der Waals surface area (Å²) in [6.07, 6.45) is 0. The molecule has 29 heavy (non-hydrogen) atoms. The number of hydrogen-bond acceptors (Lipinski definition) is 6. The molecule has 1 N–H and O–H groups in total. The number of aliphatic hydroxyl groups is 1. The smallest absolute Gasteiger partial charge is 0.204 e. The number of hydrogen-bond donors (Lipinski definition) is 1. The Balaban J connectivity index is 3.46. The second-order valence-electron chi connectivity index (χ2n) is 11.2. The number of nitrogens with zero attached hydrogens (tertiary/aromatic N) is 2. The van der Waals surface area contributed by atoms with E-state index < -0.39 is 31.1 Å². The van der Waals surface area contributed by atoms with Gasteiger partial charge in [-0.1, -0.05) is 41.5 Å². The van der Waals surface area contributed by atoms with Gasteiger partial charge in [0, 0.05) is 10.7 Å². The zero-order valence-corrected chi connectivity index (χ0v) is 24.4. The highest BCUT2D eigenvalue weighted by molar-refractivity contribution is 8.17. The molecule has 170 valence electrons. The van der Waals surface area contributed by atoms with Gasteiger partial charge in [0.05, 0.1) is 22.8 Å². The molecule has 0 aliphatic rings. The molecule has 1 aromatic heterocycles. The fraction of sp³-hybridized carbons (Fsp3) is 0.842. The van der Waals surface area contributed by atoms with Crippen LogP contribution in [0.2, 0.25) is 36.3 Å². The molecule has 1 rings (SSSR count). The van der Waals surface area contributed by atoms with Crippen molar-refractivity contribution in [1.82, 2.24) is 4.98 Å². The van der Waals surface area contributed by atoms with E-state index in [0.29, 0.717) is 10.6 Å². The van der Waals surface area contributed by atoms with Gasteiger partial charge in [-0.2, -0.15) is 0 Å². The van der Waals surface area contributed by atoms with E-state index in [1.54, 1.807) is 13.8 Å². The van der Waals surface area contributed by atoms with Gasteiger partial charge in [0.25, 0.3) is 0 Å². The second kappa shape index (κ2) is 8.29. The largest absolute Gasteiger partial charge is 0.411 e. The van der Waals surface area contributed by atoms with Crippen LogP contribution in [0.4, 0.5) is 0 Å². The van der Waals surface area contributed by atoms with Crippen molar-refractivity contribution in [1.29, 1.82) is 0 Å². The Morgan fingerprint density at radius 3 is 1.93 bits per heavy atom. The van der Waals surface area contributed by atoms with Gasteiger partial charge in [0.1, 0.15) is 0 Å². The minimum atomic E-state index is -3.18. The van der Waals surface area contributed by atoms with Crippen molar-refractivity contribution in [2.24, 2.45) is 4.03 Å². The molecule has 0 spiro atoms. The van der Waals surface area contributed by atoms with E-state index in [1.165, 1.54) is 11.3 Å². The molecule has 0 aromatic carbocycles. The lowest BCUT2D eigenvalue weighted by Gasteiger charge is -2.36. The molecule has 0 saturated carbocycles. The molecule has 0 aliphatic carbocycles. The summed E-state index contributed by atoms with van der Waals surface area (Å²) in [6, 6.07) is 0. The van der Waals surface area contributed by atoms with Crippen LogP contribution in [0.15, 0.2) is 8.37 Å². The number of rotatable bonds is 6. The van der Waals surface area contributed by atoms with Crippen molar-refractivity contribution >= 4 is 47.5 Å². The Labute approximate surface area is 188 Å². The molecule has 0 amide bonds. The zero-order chi connectivity index (χ0) is 23.3. The summed E-state index contributed by atoms with van der Waals surface area (Å²) in [6.45, 7) is 24.9. The zero-order valence-electron chi connectivity index (χ0n) is 20.1. The Morgan fingerprint density at radius 1 is 1.07 bits per heavy atom. The third-order valence-electron chi connectivity index (χ3n) is 6.01. The summed E-state index contributed by atoms with van der Waals surface area (Å²) in [7, 11) is -0.964. The van der Waals surface area contributed by atoms with Crippen LogP contribution < -0.4 is 0 Å². The maximum absolute atomic E-state index is 13.4. The van der Waals surface area contributed by atoms with Crippen molar-refractivity contribution in [3.63, 3.8) is 0 Å². The summed E-state index contributed by atoms with van der Waals surface area (Å²) < 4.78 is 24.6. The van der Waals surface area contributed by atoms with Crippen molar-refractivity contribution in [3.8, 4) is 0 Å². The van der Waals surface area contributed by atoms with Crippen LogP contribution in [0, 0.1) is 0 Å². The highest BCUT2D eigenvalue weighted by Gasteiger charge is 2.40. The lowest BCUT2D eigenvalue weighted by molar-refractivity contribution is 0.0798. The Bertz CT molecular complexity index is 854. The first-order valence-corrected chi connectivity index (χ1v) is 18.9. The van der Waals surface area contributed by atoms with E-state index in [4.69, 9.17) is 15.1 Å². The Morgan fingerprint density at radius 2 is 1.55 bits per heavy atom. The van der Waals surface area contributed by atoms with E-state index in [1.807, 2.05) is 0 Å². The first kappa shape index (κ1) is 27.3. The van der Waals surface area contributed by atoms with Gasteiger partial charge in [0.2, 0.25) is 4.34 Å². The molecule has 5 nitrogen and oxygen atoms in total. The van der Waals surface area contributed by atoms with Gasteiger partial charge in [-0.3, -0.25) is 4.03 Å². The molecular weight excluding hydrogens is 460 g/mol. The molecule has 0 bridgehead atoms. The lowest BCUT2D eigenvalue weighted by atomic mass is 10.1. The van der Waals surface area contributed by atoms with Crippen molar-refractivity contribution in [2.45, 2.75) is 108 Å². The van der Waals surface area contributed by atoms with E-state index in [9.17, 15) is 9.32 Å². The summed E-state index contributed by atoms with van der Waals surface area (Å²) in [5, 5.41) is 10.6. The third kappa shape index (κ3) is 6.60. The number of halogens is 1. The van der Waals surface area contributed by atoms with Gasteiger partial charge in [-0.15, -0.1) is 11.3 Å². The van der Waals surface area contributed by atoms with Crippen LogP contribution in [-0.2, 0) is 25.6 Å². The molecule has 0 fully saturated rings. The summed E-state index contributed by atoms with van der Waals surface area (Å²) in [4.78, 5) is 5.21. The number of thiazole rings is 1. The molecule has 1 heterocycles. The maximum Gasteiger partial charge on any atom is 0.204 e. The standard InChI is InChI=1S/C19H39ClN2O3S2Si2/c1-17(2,3)28(9,10)22-27(20,24)16-21-14(15(26-16)19(7,8)23)13-25-29(11,12)18(4,5)6/h23H,13H2,1-12H3. The molecule has 0 aliphatic heterocycles. The van der Waals surface area contributed by atoms with Gasteiger partial charge in [0.15, 0.2) is 25.5 Å². The van der Waals surface area contributed by atoms with Gasteiger partial charge >= 0.3 is 0 Å². The third-order valence-corrected chi connectivity index (χ3v) is 20.9. The van der Waals surface area contributed by atoms with Crippen LogP contribution in [0.5, 0.6) is 0 Å². The van der Waals surface area contributed by atoms with Crippen LogP contribution in [-0.4, -0.2) is 30.9 Å². The quantitative estimate of drug-likeness (QED) is 0.342. The highest BCUT2D eigenvalue weighted by atomic mass is 35.7. The summed E-state index contributed by atoms with van der Waals surface area (Å²) in [5.41, 5.74) is -0.535. The van der Waals surface area contributed by atoms with E-state index in [0.717, 1.165) is 0 Å². The fourth-order valence-corrected chi connectivity index (χ4v) is 10.6. The predicted molar refractivity (Wildman–Crippen MR) is 131 cm³/mol. The Hall–Kier alpha value is 0.224. The van der Waals surface area contributed by atoms with Crippen molar-refractivity contribution < 1.29 is 13.7 Å². The summed E-state index contributed by atoms with van der Waals surface area (Å²) in [5.74, 6) is 0. The van der Waals surface area contributed by atoms with E-state index in [2.05, 4.69) is 76.7 Å². The maximum atomic E-state index is 13.4. The molecular formula is C19H39ClN2O3S2Si2. The topological polar surface area (TPSA) is 71.8 Å². The second-order valence-corrected chi connectivity index (χ2v) is 25.2. The minimum Gasteiger partial charge on any atom is -0.411 e. The van der Waals surface area contributed by atoms with Gasteiger partial charge in [-0.05, 0) is 50.1 Å². The summed E-state index contributed by atoms with van der Waals surface area (Å²) >= 11 is 1.18. The molecule has 1 unspecified atom stereocenters. The Kier molecular flexibility index (Phi) is 7.79. The number of aromatic nitrogens is 1. The minimum absolute atomic E-state index is 0.0540. The first-order valence-electron chi connectivity index (χ1n) is 9.86. The highest BCUT2D eigenvalue weighted by Crippen LogP contribution is 2.42. The average molecular weight is 499 g/mol. The van der Waals surface area contributed by atoms with Crippen molar-refractivity contribution in [3.05, 3.63) is 10.6 Å². The normalized spacial score (nSPS) is 16.6. The molecule has 0 radical (unpaired) electrons. The SMILES string of the molecule is CC(C)(O)c1sc(S(=O)(Cl)=N[Si](C)(C)C(C)(C)C)nc1CO[Si](C)(C)C(C)(C)C. The molecule has 10 heteroatoms. The molecule has 1 aromatic rings. The lowest BCUT2D eigenvalue weighted by Crippen LogP contribution is -2.40. The molecule has 1 atom stereocenters. The average Bonchev–Trinajstić information content (AvgIpc) is 2.86. The van der Waals surface area contributed by atoms with E-state index in [-0.39, 0.29) is 21.0 Å². The van der Waals surface area contributed by atoms with Crippen LogP contribution in [0.1, 0.15) is 66.0 Å². The van der Waals surface area contributed by atoms with Crippen LogP contribution in [0.25, 0.3) is 0 Å². The van der Waals surface area contributed by atoms with E-state index >= 15 is 0 Å². The van der Waals surface area contributed by atoms with Crippen LogP contribution in [0.3, 0.4) is 0 Å².